The van der Waals surface area contributed by atoms with Crippen LogP contribution in [0.1, 0.15) is 17.6 Å². The Hall–Kier alpha value is -1.22. The highest BCUT2D eigenvalue weighted by Crippen LogP contribution is 2.21. The maximum absolute atomic E-state index is 12.3. The van der Waals surface area contributed by atoms with Gasteiger partial charge in [0.15, 0.2) is 0 Å². The standard InChI is InChI=1S/C13H20N4O2S2/c1-3-14-10-11-12(5-9-20-11)21(18,19)16-6-4-13-15-7-8-17(13)2/h5,7-9,14,16H,3-4,6,10H2,1-2H3. The number of hydrogen-bond donors (Lipinski definition) is 2. The van der Waals surface area contributed by atoms with E-state index in [4.69, 9.17) is 0 Å². The van der Waals surface area contributed by atoms with Crippen LogP contribution in [0.15, 0.2) is 28.7 Å². The van der Waals surface area contributed by atoms with Crippen LogP contribution in [0.3, 0.4) is 0 Å². The van der Waals surface area contributed by atoms with E-state index in [1.54, 1.807) is 17.6 Å². The second kappa shape index (κ2) is 7.17. The topological polar surface area (TPSA) is 76.0 Å². The van der Waals surface area contributed by atoms with Crippen molar-refractivity contribution < 1.29 is 8.42 Å². The molecule has 21 heavy (non-hydrogen) atoms. The lowest BCUT2D eigenvalue weighted by Gasteiger charge is -2.08. The molecule has 0 unspecified atom stereocenters. The first-order chi connectivity index (χ1) is 10.0. The van der Waals surface area contributed by atoms with Gasteiger partial charge < -0.3 is 9.88 Å². The Kier molecular flexibility index (Phi) is 5.51. The molecule has 0 radical (unpaired) electrons. The molecule has 2 rings (SSSR count). The molecule has 2 N–H and O–H groups in total. The highest BCUT2D eigenvalue weighted by molar-refractivity contribution is 7.89. The van der Waals surface area contributed by atoms with Crippen LogP contribution in [-0.4, -0.2) is 31.1 Å². The average molecular weight is 328 g/mol. The lowest BCUT2D eigenvalue weighted by Crippen LogP contribution is -2.27. The van der Waals surface area contributed by atoms with Gasteiger partial charge in [-0.15, -0.1) is 11.3 Å². The summed E-state index contributed by atoms with van der Waals surface area (Å²) < 4.78 is 29.2. The first-order valence-electron chi connectivity index (χ1n) is 6.77. The summed E-state index contributed by atoms with van der Waals surface area (Å²) in [6, 6.07) is 1.65. The molecule has 0 amide bonds. The third-order valence-electron chi connectivity index (χ3n) is 3.09. The summed E-state index contributed by atoms with van der Waals surface area (Å²) in [7, 11) is -1.57. The van der Waals surface area contributed by atoms with Crippen molar-refractivity contribution in [2.45, 2.75) is 24.8 Å². The van der Waals surface area contributed by atoms with Crippen LogP contribution in [0, 0.1) is 0 Å². The van der Waals surface area contributed by atoms with E-state index in [1.807, 2.05) is 24.7 Å². The van der Waals surface area contributed by atoms with Crippen molar-refractivity contribution in [1.29, 1.82) is 0 Å². The fraction of sp³-hybridized carbons (Fsp3) is 0.462. The molecule has 0 aliphatic carbocycles. The average Bonchev–Trinajstić information content (AvgIpc) is 3.06. The number of hydrogen-bond acceptors (Lipinski definition) is 5. The lowest BCUT2D eigenvalue weighted by molar-refractivity contribution is 0.578. The SMILES string of the molecule is CCNCc1sccc1S(=O)(=O)NCCc1nccn1C. The number of aromatic nitrogens is 2. The number of aryl methyl sites for hydroxylation is 1. The van der Waals surface area contributed by atoms with Crippen LogP contribution in [0.2, 0.25) is 0 Å². The number of nitrogens with one attached hydrogen (secondary N) is 2. The van der Waals surface area contributed by atoms with Gasteiger partial charge in [0.25, 0.3) is 0 Å². The summed E-state index contributed by atoms with van der Waals surface area (Å²) in [6.45, 7) is 3.71. The van der Waals surface area contributed by atoms with E-state index in [2.05, 4.69) is 15.0 Å². The van der Waals surface area contributed by atoms with Gasteiger partial charge in [0.1, 0.15) is 5.82 Å². The smallest absolute Gasteiger partial charge is 0.241 e. The van der Waals surface area contributed by atoms with Crippen LogP contribution >= 0.6 is 11.3 Å². The molecular formula is C13H20N4O2S2. The van der Waals surface area contributed by atoms with Crippen molar-refractivity contribution in [1.82, 2.24) is 19.6 Å². The quantitative estimate of drug-likeness (QED) is 0.761. The zero-order valence-electron chi connectivity index (χ0n) is 12.2. The molecule has 0 bridgehead atoms. The first-order valence-corrected chi connectivity index (χ1v) is 9.14. The fourth-order valence-electron chi connectivity index (χ4n) is 1.95. The second-order valence-corrected chi connectivity index (χ2v) is 7.33. The Labute approximate surface area is 129 Å². The fourth-order valence-corrected chi connectivity index (χ4v) is 4.39. The minimum Gasteiger partial charge on any atom is -0.338 e. The molecule has 0 spiro atoms. The molecule has 2 heterocycles. The van der Waals surface area contributed by atoms with Crippen molar-refractivity contribution in [2.75, 3.05) is 13.1 Å². The van der Waals surface area contributed by atoms with E-state index in [0.717, 1.165) is 17.2 Å². The number of sulfonamides is 1. The molecule has 2 aromatic rings. The predicted molar refractivity (Wildman–Crippen MR) is 83.8 cm³/mol. The molecular weight excluding hydrogens is 308 g/mol. The summed E-state index contributed by atoms with van der Waals surface area (Å²) in [5.74, 6) is 0.857. The Morgan fingerprint density at radius 1 is 1.43 bits per heavy atom. The first kappa shape index (κ1) is 16.2. The minimum atomic E-state index is -3.46. The summed E-state index contributed by atoms with van der Waals surface area (Å²) in [4.78, 5) is 5.38. The van der Waals surface area contributed by atoms with Gasteiger partial charge in [0.2, 0.25) is 10.0 Å². The number of thiophene rings is 1. The van der Waals surface area contributed by atoms with Gasteiger partial charge in [-0.25, -0.2) is 18.1 Å². The molecule has 0 fully saturated rings. The molecule has 116 valence electrons. The molecule has 0 aliphatic rings. The van der Waals surface area contributed by atoms with E-state index in [0.29, 0.717) is 24.4 Å². The molecule has 0 aromatic carbocycles. The van der Waals surface area contributed by atoms with Gasteiger partial charge >= 0.3 is 0 Å². The van der Waals surface area contributed by atoms with E-state index >= 15 is 0 Å². The van der Waals surface area contributed by atoms with Crippen molar-refractivity contribution in [3.05, 3.63) is 34.5 Å². The van der Waals surface area contributed by atoms with Crippen LogP contribution in [0.5, 0.6) is 0 Å². The molecule has 0 aliphatic heterocycles. The maximum atomic E-state index is 12.3. The zero-order valence-corrected chi connectivity index (χ0v) is 13.8. The number of imidazole rings is 1. The highest BCUT2D eigenvalue weighted by Gasteiger charge is 2.19. The van der Waals surface area contributed by atoms with Gasteiger partial charge in [-0.1, -0.05) is 6.92 Å². The van der Waals surface area contributed by atoms with Crippen molar-refractivity contribution >= 4 is 21.4 Å². The number of rotatable bonds is 8. The Bertz CT molecular complexity index is 676. The van der Waals surface area contributed by atoms with Crippen LogP contribution in [0.4, 0.5) is 0 Å². The normalized spacial score (nSPS) is 11.9. The third-order valence-corrected chi connectivity index (χ3v) is 5.69. The maximum Gasteiger partial charge on any atom is 0.241 e. The van der Waals surface area contributed by atoms with Gasteiger partial charge in [-0.2, -0.15) is 0 Å². The van der Waals surface area contributed by atoms with Crippen molar-refractivity contribution in [2.24, 2.45) is 7.05 Å². The summed E-state index contributed by atoms with van der Waals surface area (Å²) in [5, 5.41) is 4.96. The van der Waals surface area contributed by atoms with Crippen LogP contribution in [0.25, 0.3) is 0 Å². The zero-order chi connectivity index (χ0) is 15.3. The van der Waals surface area contributed by atoms with Gasteiger partial charge in [-0.3, -0.25) is 0 Å². The summed E-state index contributed by atoms with van der Waals surface area (Å²) in [6.07, 6.45) is 4.11. The van der Waals surface area contributed by atoms with E-state index in [1.165, 1.54) is 11.3 Å². The molecule has 0 atom stereocenters. The Morgan fingerprint density at radius 2 is 2.24 bits per heavy atom. The molecule has 6 nitrogen and oxygen atoms in total. The predicted octanol–water partition coefficient (Wildman–Crippen LogP) is 1.11. The van der Waals surface area contributed by atoms with E-state index in [-0.39, 0.29) is 0 Å². The van der Waals surface area contributed by atoms with Gasteiger partial charge in [0, 0.05) is 43.8 Å². The van der Waals surface area contributed by atoms with Gasteiger partial charge in [-0.05, 0) is 18.0 Å². The monoisotopic (exact) mass is 328 g/mol. The Morgan fingerprint density at radius 3 is 2.90 bits per heavy atom. The molecule has 2 aromatic heterocycles. The lowest BCUT2D eigenvalue weighted by atomic mass is 10.4. The highest BCUT2D eigenvalue weighted by atomic mass is 32.2. The van der Waals surface area contributed by atoms with Gasteiger partial charge in [0.05, 0.1) is 4.90 Å². The van der Waals surface area contributed by atoms with Crippen LogP contribution in [-0.2, 0) is 30.0 Å². The third kappa shape index (κ3) is 4.13. The molecule has 0 saturated carbocycles. The molecule has 8 heteroatoms. The van der Waals surface area contributed by atoms with E-state index in [9.17, 15) is 8.42 Å². The molecule has 0 saturated heterocycles. The van der Waals surface area contributed by atoms with Crippen molar-refractivity contribution in [3.63, 3.8) is 0 Å². The van der Waals surface area contributed by atoms with Crippen molar-refractivity contribution in [3.8, 4) is 0 Å². The summed E-state index contributed by atoms with van der Waals surface area (Å²) >= 11 is 1.45. The largest absolute Gasteiger partial charge is 0.338 e. The second-order valence-electron chi connectivity index (χ2n) is 4.59. The van der Waals surface area contributed by atoms with Crippen LogP contribution < -0.4 is 10.0 Å². The van der Waals surface area contributed by atoms with E-state index < -0.39 is 10.0 Å². The Balaban J connectivity index is 1.98. The minimum absolute atomic E-state index is 0.337. The summed E-state index contributed by atoms with van der Waals surface area (Å²) in [5.41, 5.74) is 0. The number of nitrogens with zero attached hydrogens (tertiary/aromatic N) is 2.